The lowest BCUT2D eigenvalue weighted by Crippen LogP contribution is -2.44. The number of likely N-dealkylation sites (N-methyl/N-ethyl adjacent to an activating group) is 1. The minimum absolute atomic E-state index is 0.0241. The number of benzene rings is 2. The number of nitrogen functional groups attached to an aromatic ring is 1. The van der Waals surface area contributed by atoms with Gasteiger partial charge < -0.3 is 16.0 Å². The number of piperazine rings is 1. The molecule has 4 aromatic rings. The largest absolute Gasteiger partial charge is 0.416 e. The second-order valence-electron chi connectivity index (χ2n) is 10.00. The topological polar surface area (TPSA) is 91.8 Å². The van der Waals surface area contributed by atoms with Crippen LogP contribution in [0.15, 0.2) is 48.7 Å². The number of nitrogens with two attached hydrogens (primary N) is 1. The van der Waals surface area contributed by atoms with Crippen LogP contribution in [0.5, 0.6) is 0 Å². The molecular formula is C29H27F4N7O. The summed E-state index contributed by atoms with van der Waals surface area (Å²) in [7, 11) is 1.98. The van der Waals surface area contributed by atoms with Crippen LogP contribution in [0.25, 0.3) is 5.65 Å². The second kappa shape index (κ2) is 11.2. The number of aryl methyl sites for hydroxylation is 1. The number of amides is 1. The first-order valence-corrected chi connectivity index (χ1v) is 12.8. The van der Waals surface area contributed by atoms with E-state index in [4.69, 9.17) is 5.73 Å². The maximum absolute atomic E-state index is 14.3. The Bertz CT molecular complexity index is 1680. The highest BCUT2D eigenvalue weighted by Crippen LogP contribution is 2.34. The predicted octanol–water partition coefficient (Wildman–Crippen LogP) is 4.18. The summed E-state index contributed by atoms with van der Waals surface area (Å²) in [6.07, 6.45) is -3.10. The van der Waals surface area contributed by atoms with Crippen molar-refractivity contribution in [2.24, 2.45) is 0 Å². The second-order valence-corrected chi connectivity index (χ2v) is 10.00. The van der Waals surface area contributed by atoms with Crippen LogP contribution in [0.1, 0.15) is 38.2 Å². The van der Waals surface area contributed by atoms with Crippen LogP contribution in [0.4, 0.5) is 29.2 Å². The molecule has 0 spiro atoms. The molecule has 1 amide bonds. The molecule has 0 bridgehead atoms. The van der Waals surface area contributed by atoms with E-state index in [0.717, 1.165) is 24.7 Å². The van der Waals surface area contributed by atoms with E-state index in [1.807, 2.05) is 11.9 Å². The van der Waals surface area contributed by atoms with Crippen molar-refractivity contribution in [3.63, 3.8) is 0 Å². The fourth-order valence-corrected chi connectivity index (χ4v) is 4.57. The third-order valence-corrected chi connectivity index (χ3v) is 6.91. The molecule has 1 aliphatic heterocycles. The van der Waals surface area contributed by atoms with Crippen LogP contribution < -0.4 is 11.1 Å². The molecule has 1 saturated heterocycles. The first-order valence-electron chi connectivity index (χ1n) is 12.8. The van der Waals surface area contributed by atoms with Crippen molar-refractivity contribution in [1.82, 2.24) is 24.4 Å². The number of pyridine rings is 1. The number of nitrogens with one attached hydrogen (secondary N) is 1. The van der Waals surface area contributed by atoms with E-state index in [-0.39, 0.29) is 35.0 Å². The van der Waals surface area contributed by atoms with Gasteiger partial charge in [0.05, 0.1) is 5.56 Å². The van der Waals surface area contributed by atoms with Crippen LogP contribution >= 0.6 is 0 Å². The number of aromatic nitrogens is 3. The number of hydrogen-bond donors (Lipinski definition) is 2. The van der Waals surface area contributed by atoms with E-state index >= 15 is 0 Å². The summed E-state index contributed by atoms with van der Waals surface area (Å²) < 4.78 is 57.4. The zero-order valence-corrected chi connectivity index (χ0v) is 22.4. The van der Waals surface area contributed by atoms with Gasteiger partial charge in [-0.25, -0.2) is 8.91 Å². The summed E-state index contributed by atoms with van der Waals surface area (Å²) in [5.41, 5.74) is 6.70. The summed E-state index contributed by atoms with van der Waals surface area (Å²) in [5, 5.41) is 6.46. The SMILES string of the molecule is Cc1ccc(C(=O)Nc2ccc(CN3CCN(C)CC3)c(C(F)(F)F)c2)cc1C#Cc1cc(F)c2nc(N)nn2c1. The molecule has 212 valence electrons. The van der Waals surface area contributed by atoms with Crippen molar-refractivity contribution in [2.75, 3.05) is 44.3 Å². The van der Waals surface area contributed by atoms with Gasteiger partial charge in [0.15, 0.2) is 11.5 Å². The van der Waals surface area contributed by atoms with Gasteiger partial charge >= 0.3 is 6.18 Å². The number of carbonyl (C=O) groups is 1. The number of rotatable bonds is 4. The van der Waals surface area contributed by atoms with Gasteiger partial charge in [-0.1, -0.05) is 24.0 Å². The van der Waals surface area contributed by atoms with Crippen LogP contribution in [-0.2, 0) is 12.7 Å². The Labute approximate surface area is 233 Å². The predicted molar refractivity (Wildman–Crippen MR) is 147 cm³/mol. The molecule has 0 radical (unpaired) electrons. The molecule has 1 fully saturated rings. The zero-order chi connectivity index (χ0) is 29.3. The van der Waals surface area contributed by atoms with E-state index in [2.05, 4.69) is 32.1 Å². The lowest BCUT2D eigenvalue weighted by atomic mass is 10.0. The van der Waals surface area contributed by atoms with Gasteiger partial charge in [-0.3, -0.25) is 9.69 Å². The maximum atomic E-state index is 14.3. The van der Waals surface area contributed by atoms with E-state index in [9.17, 15) is 22.4 Å². The van der Waals surface area contributed by atoms with Gasteiger partial charge in [0, 0.05) is 61.3 Å². The molecule has 5 rings (SSSR count). The van der Waals surface area contributed by atoms with Gasteiger partial charge in [0.2, 0.25) is 5.95 Å². The summed E-state index contributed by atoms with van der Waals surface area (Å²) in [6, 6.07) is 9.85. The molecule has 3 N–H and O–H groups in total. The average Bonchev–Trinajstić information content (AvgIpc) is 3.30. The van der Waals surface area contributed by atoms with Gasteiger partial charge in [-0.15, -0.1) is 5.10 Å². The molecule has 12 heteroatoms. The van der Waals surface area contributed by atoms with Gasteiger partial charge in [-0.05, 0) is 55.4 Å². The highest BCUT2D eigenvalue weighted by atomic mass is 19.4. The molecule has 0 atom stereocenters. The molecule has 8 nitrogen and oxygen atoms in total. The molecule has 0 aliphatic carbocycles. The Balaban J connectivity index is 1.35. The summed E-state index contributed by atoms with van der Waals surface area (Å²) >= 11 is 0. The summed E-state index contributed by atoms with van der Waals surface area (Å²) in [6.45, 7) is 4.93. The Morgan fingerprint density at radius 3 is 2.56 bits per heavy atom. The van der Waals surface area contributed by atoms with Gasteiger partial charge in [0.25, 0.3) is 5.91 Å². The highest BCUT2D eigenvalue weighted by Gasteiger charge is 2.34. The minimum Gasteiger partial charge on any atom is -0.366 e. The van der Waals surface area contributed by atoms with Crippen LogP contribution in [-0.4, -0.2) is 63.5 Å². The zero-order valence-electron chi connectivity index (χ0n) is 22.4. The number of fused-ring (bicyclic) bond motifs is 1. The third-order valence-electron chi connectivity index (χ3n) is 6.91. The minimum atomic E-state index is -4.57. The molecule has 1 aliphatic rings. The molecule has 2 aromatic heterocycles. The molecule has 3 heterocycles. The van der Waals surface area contributed by atoms with E-state index < -0.39 is 23.5 Å². The molecular weight excluding hydrogens is 538 g/mol. The lowest BCUT2D eigenvalue weighted by Gasteiger charge is -2.33. The first-order chi connectivity index (χ1) is 19.5. The number of halogens is 4. The Hall–Kier alpha value is -4.47. The third kappa shape index (κ3) is 6.48. The summed E-state index contributed by atoms with van der Waals surface area (Å²) in [4.78, 5) is 20.9. The van der Waals surface area contributed by atoms with Crippen molar-refractivity contribution in [3.05, 3.63) is 87.9 Å². The fraction of sp³-hybridized carbons (Fsp3) is 0.276. The lowest BCUT2D eigenvalue weighted by molar-refractivity contribution is -0.138. The van der Waals surface area contributed by atoms with Crippen molar-refractivity contribution < 1.29 is 22.4 Å². The van der Waals surface area contributed by atoms with Crippen molar-refractivity contribution in [3.8, 4) is 11.8 Å². The van der Waals surface area contributed by atoms with Crippen molar-refractivity contribution in [1.29, 1.82) is 0 Å². The average molecular weight is 566 g/mol. The smallest absolute Gasteiger partial charge is 0.366 e. The monoisotopic (exact) mass is 565 g/mol. The summed E-state index contributed by atoms with van der Waals surface area (Å²) in [5.74, 6) is 4.46. The van der Waals surface area contributed by atoms with Crippen LogP contribution in [0, 0.1) is 24.6 Å². The van der Waals surface area contributed by atoms with E-state index in [1.54, 1.807) is 19.1 Å². The van der Waals surface area contributed by atoms with E-state index in [1.165, 1.54) is 35.0 Å². The number of alkyl halides is 3. The van der Waals surface area contributed by atoms with Crippen molar-refractivity contribution >= 4 is 23.2 Å². The Morgan fingerprint density at radius 1 is 1.07 bits per heavy atom. The van der Waals surface area contributed by atoms with E-state index in [0.29, 0.717) is 24.2 Å². The Morgan fingerprint density at radius 2 is 1.83 bits per heavy atom. The first kappa shape index (κ1) is 28.1. The number of nitrogens with zero attached hydrogens (tertiary/aromatic N) is 5. The molecule has 0 unspecified atom stereocenters. The van der Waals surface area contributed by atoms with Gasteiger partial charge in [0.1, 0.15) is 0 Å². The molecule has 0 saturated carbocycles. The number of anilines is 2. The Kier molecular flexibility index (Phi) is 7.66. The van der Waals surface area contributed by atoms with Crippen LogP contribution in [0.3, 0.4) is 0 Å². The molecule has 41 heavy (non-hydrogen) atoms. The van der Waals surface area contributed by atoms with Crippen LogP contribution in [0.2, 0.25) is 0 Å². The molecule has 2 aromatic carbocycles. The maximum Gasteiger partial charge on any atom is 0.416 e. The number of hydrogen-bond acceptors (Lipinski definition) is 6. The standard InChI is InChI=1S/C29H27F4N7O/c1-18-3-5-21(14-20(18)6-4-19-13-25(30)26-36-28(34)37-40(26)16-19)27(41)35-23-8-7-22(24(15-23)29(31,32)33)17-39-11-9-38(2)10-12-39/h3,5,7-8,13-16H,9-12,17H2,1-2H3,(H2,34,37)(H,35,41). The normalized spacial score (nSPS) is 14.6. The number of carbonyl (C=O) groups excluding carboxylic acids is 1. The fourth-order valence-electron chi connectivity index (χ4n) is 4.57. The van der Waals surface area contributed by atoms with Gasteiger partial charge in [-0.2, -0.15) is 18.2 Å². The quantitative estimate of drug-likeness (QED) is 0.285. The van der Waals surface area contributed by atoms with Crippen molar-refractivity contribution in [2.45, 2.75) is 19.6 Å². The highest BCUT2D eigenvalue weighted by molar-refractivity contribution is 6.04.